The Morgan fingerprint density at radius 1 is 1.14 bits per heavy atom. The van der Waals surface area contributed by atoms with Gasteiger partial charge in [0.2, 0.25) is 0 Å². The summed E-state index contributed by atoms with van der Waals surface area (Å²) in [4.78, 5) is 0. The first-order valence-corrected chi connectivity index (χ1v) is 6.81. The first-order valence-electron chi connectivity index (χ1n) is 6.81. The summed E-state index contributed by atoms with van der Waals surface area (Å²) < 4.78 is 24.7. The number of aryl methyl sites for hydroxylation is 2. The van der Waals surface area contributed by atoms with Crippen molar-refractivity contribution < 1.29 is 13.9 Å². The molecule has 0 saturated heterocycles. The lowest BCUT2D eigenvalue weighted by molar-refractivity contribution is 0.273. The molecule has 0 aliphatic carbocycles. The Bertz CT molecular complexity index is 628. The van der Waals surface area contributed by atoms with Crippen LogP contribution in [-0.4, -0.2) is 13.7 Å². The van der Waals surface area contributed by atoms with E-state index < -0.39 is 0 Å². The van der Waals surface area contributed by atoms with Crippen molar-refractivity contribution in [3.63, 3.8) is 0 Å². The molecule has 2 N–H and O–H groups in total. The van der Waals surface area contributed by atoms with E-state index in [2.05, 4.69) is 0 Å². The molecule has 0 amide bonds. The Morgan fingerprint density at radius 3 is 2.62 bits per heavy atom. The van der Waals surface area contributed by atoms with Crippen molar-refractivity contribution in [1.82, 2.24) is 0 Å². The van der Waals surface area contributed by atoms with Gasteiger partial charge in [0.15, 0.2) is 11.6 Å². The highest BCUT2D eigenvalue weighted by Crippen LogP contribution is 2.26. The molecular formula is C17H20FNO2. The third-order valence-corrected chi connectivity index (χ3v) is 3.36. The van der Waals surface area contributed by atoms with Crippen LogP contribution in [0.5, 0.6) is 11.5 Å². The third-order valence-electron chi connectivity index (χ3n) is 3.36. The molecular weight excluding hydrogens is 269 g/mol. The largest absolute Gasteiger partial charge is 0.496 e. The summed E-state index contributed by atoms with van der Waals surface area (Å²) in [5.74, 6) is 0.583. The van der Waals surface area contributed by atoms with E-state index in [1.165, 1.54) is 0 Å². The van der Waals surface area contributed by atoms with Crippen LogP contribution in [0.2, 0.25) is 0 Å². The van der Waals surface area contributed by atoms with Gasteiger partial charge in [0.1, 0.15) is 12.4 Å². The number of methoxy groups -OCH3 is 1. The minimum Gasteiger partial charge on any atom is -0.496 e. The van der Waals surface area contributed by atoms with Crippen molar-refractivity contribution in [1.29, 1.82) is 0 Å². The molecule has 2 rings (SSSR count). The van der Waals surface area contributed by atoms with E-state index in [-0.39, 0.29) is 24.2 Å². The van der Waals surface area contributed by atoms with Crippen molar-refractivity contribution in [2.45, 2.75) is 19.9 Å². The zero-order valence-electron chi connectivity index (χ0n) is 12.5. The molecule has 2 aromatic carbocycles. The van der Waals surface area contributed by atoms with Crippen molar-refractivity contribution in [2.24, 2.45) is 5.73 Å². The van der Waals surface area contributed by atoms with Crippen LogP contribution in [0.1, 0.15) is 22.7 Å². The van der Waals surface area contributed by atoms with Crippen LogP contribution < -0.4 is 15.2 Å². The molecule has 2 aromatic rings. The number of hydrogen-bond donors (Lipinski definition) is 1. The summed E-state index contributed by atoms with van der Waals surface area (Å²) in [7, 11) is 1.60. The Morgan fingerprint density at radius 2 is 1.90 bits per heavy atom. The van der Waals surface area contributed by atoms with Crippen molar-refractivity contribution in [3.05, 3.63) is 58.9 Å². The molecule has 0 aliphatic heterocycles. The fourth-order valence-corrected chi connectivity index (χ4v) is 2.14. The van der Waals surface area contributed by atoms with Crippen molar-refractivity contribution in [2.75, 3.05) is 13.7 Å². The Labute approximate surface area is 124 Å². The molecule has 3 nitrogen and oxygen atoms in total. The first kappa shape index (κ1) is 15.3. The lowest BCUT2D eigenvalue weighted by Crippen LogP contribution is -2.20. The molecule has 112 valence electrons. The highest BCUT2D eigenvalue weighted by Gasteiger charge is 2.14. The highest BCUT2D eigenvalue weighted by molar-refractivity contribution is 5.39. The Hall–Kier alpha value is -2.07. The lowest BCUT2D eigenvalue weighted by Gasteiger charge is -2.17. The number of rotatable bonds is 5. The van der Waals surface area contributed by atoms with Gasteiger partial charge in [-0.15, -0.1) is 0 Å². The topological polar surface area (TPSA) is 44.5 Å². The lowest BCUT2D eigenvalue weighted by atomic mass is 10.0. The predicted molar refractivity (Wildman–Crippen MR) is 81.3 cm³/mol. The maximum Gasteiger partial charge on any atom is 0.167 e. The molecule has 0 saturated carbocycles. The van der Waals surface area contributed by atoms with Crippen molar-refractivity contribution in [3.8, 4) is 11.5 Å². The van der Waals surface area contributed by atoms with Crippen LogP contribution in [0.25, 0.3) is 0 Å². The fourth-order valence-electron chi connectivity index (χ4n) is 2.14. The Balaban J connectivity index is 2.13. The van der Waals surface area contributed by atoms with E-state index in [9.17, 15) is 4.39 Å². The molecule has 1 atom stereocenters. The van der Waals surface area contributed by atoms with Gasteiger partial charge in [-0.25, -0.2) is 4.39 Å². The zero-order chi connectivity index (χ0) is 15.4. The van der Waals surface area contributed by atoms with Crippen LogP contribution in [0.15, 0.2) is 36.4 Å². The summed E-state index contributed by atoms with van der Waals surface area (Å²) in [6.07, 6.45) is 0. The molecule has 1 unspecified atom stereocenters. The zero-order valence-corrected chi connectivity index (χ0v) is 12.5. The average Bonchev–Trinajstić information content (AvgIpc) is 2.48. The summed E-state index contributed by atoms with van der Waals surface area (Å²) in [6, 6.07) is 10.5. The second-order valence-corrected chi connectivity index (χ2v) is 5.05. The van der Waals surface area contributed by atoms with Gasteiger partial charge < -0.3 is 15.2 Å². The predicted octanol–water partition coefficient (Wildman–Crippen LogP) is 3.53. The van der Waals surface area contributed by atoms with Gasteiger partial charge in [0.25, 0.3) is 0 Å². The van der Waals surface area contributed by atoms with E-state index in [1.807, 2.05) is 25.1 Å². The van der Waals surface area contributed by atoms with Crippen LogP contribution in [0, 0.1) is 19.7 Å². The molecule has 0 radical (unpaired) electrons. The van der Waals surface area contributed by atoms with Crippen LogP contribution in [0.4, 0.5) is 4.39 Å². The van der Waals surface area contributed by atoms with E-state index in [0.717, 1.165) is 11.1 Å². The fraction of sp³-hybridized carbons (Fsp3) is 0.294. The molecule has 0 bridgehead atoms. The van der Waals surface area contributed by atoms with Gasteiger partial charge in [0.05, 0.1) is 13.2 Å². The highest BCUT2D eigenvalue weighted by atomic mass is 19.1. The third kappa shape index (κ3) is 3.52. The van der Waals surface area contributed by atoms with Gasteiger partial charge in [-0.05, 0) is 31.5 Å². The number of hydrogen-bond acceptors (Lipinski definition) is 3. The second kappa shape index (κ2) is 6.59. The van der Waals surface area contributed by atoms with Crippen LogP contribution in [-0.2, 0) is 0 Å². The quantitative estimate of drug-likeness (QED) is 0.915. The number of halogens is 1. The average molecular weight is 289 g/mol. The summed E-state index contributed by atoms with van der Waals surface area (Å²) in [6.45, 7) is 3.86. The molecule has 0 aliphatic rings. The van der Waals surface area contributed by atoms with Gasteiger partial charge >= 0.3 is 0 Å². The Kier molecular flexibility index (Phi) is 4.81. The molecule has 0 spiro atoms. The smallest absolute Gasteiger partial charge is 0.167 e. The van der Waals surface area contributed by atoms with Gasteiger partial charge in [0, 0.05) is 5.56 Å². The molecule has 0 heterocycles. The molecule has 0 fully saturated rings. The number of ether oxygens (including phenoxy) is 2. The van der Waals surface area contributed by atoms with Crippen LogP contribution in [0.3, 0.4) is 0 Å². The summed E-state index contributed by atoms with van der Waals surface area (Å²) in [5, 5.41) is 0. The minimum atomic E-state index is -0.389. The van der Waals surface area contributed by atoms with E-state index in [0.29, 0.717) is 11.3 Å². The maximum atomic E-state index is 13.9. The van der Waals surface area contributed by atoms with E-state index in [1.54, 1.807) is 32.2 Å². The molecule has 21 heavy (non-hydrogen) atoms. The van der Waals surface area contributed by atoms with Crippen LogP contribution >= 0.6 is 0 Å². The number of nitrogens with two attached hydrogens (primary N) is 1. The van der Waals surface area contributed by atoms with E-state index >= 15 is 0 Å². The normalized spacial score (nSPS) is 12.0. The first-order chi connectivity index (χ1) is 10.0. The standard InChI is InChI=1S/C17H20FNO2/c1-11-7-8-15(20-3)13(9-11)14(19)10-21-16-6-4-5-12(2)17(16)18/h4-9,14H,10,19H2,1-3H3. The summed E-state index contributed by atoms with van der Waals surface area (Å²) >= 11 is 0. The van der Waals surface area contributed by atoms with Gasteiger partial charge in [-0.1, -0.05) is 29.8 Å². The van der Waals surface area contributed by atoms with Crippen molar-refractivity contribution >= 4 is 0 Å². The molecule has 0 aromatic heterocycles. The SMILES string of the molecule is COc1ccc(C)cc1C(N)COc1cccc(C)c1F. The second-order valence-electron chi connectivity index (χ2n) is 5.05. The monoisotopic (exact) mass is 289 g/mol. The summed E-state index contributed by atoms with van der Waals surface area (Å²) in [5.41, 5.74) is 8.64. The minimum absolute atomic E-state index is 0.181. The van der Waals surface area contributed by atoms with Gasteiger partial charge in [-0.2, -0.15) is 0 Å². The maximum absolute atomic E-state index is 13.9. The number of benzene rings is 2. The van der Waals surface area contributed by atoms with Gasteiger partial charge in [-0.3, -0.25) is 0 Å². The molecule has 4 heteroatoms. The van der Waals surface area contributed by atoms with E-state index in [4.69, 9.17) is 15.2 Å².